The number of aromatic nitrogens is 3. The minimum absolute atomic E-state index is 0.0817. The molecule has 1 aliphatic rings. The molecule has 29 heavy (non-hydrogen) atoms. The third-order valence-electron chi connectivity index (χ3n) is 5.06. The van der Waals surface area contributed by atoms with E-state index in [4.69, 9.17) is 14.5 Å². The average Bonchev–Trinajstić information content (AvgIpc) is 3.34. The predicted molar refractivity (Wildman–Crippen MR) is 112 cm³/mol. The van der Waals surface area contributed by atoms with Gasteiger partial charge in [-0.25, -0.2) is 4.98 Å². The first kappa shape index (κ1) is 19.8. The Morgan fingerprint density at radius 2 is 2.17 bits per heavy atom. The number of ether oxygens (including phenoxy) is 2. The topological polar surface area (TPSA) is 73.9 Å². The Balaban J connectivity index is 1.62. The molecule has 3 heterocycles. The molecule has 3 aromatic rings. The molecular weight excluding hydrogens is 390 g/mol. The van der Waals surface area contributed by atoms with Crippen LogP contribution in [0, 0.1) is 0 Å². The summed E-state index contributed by atoms with van der Waals surface area (Å²) in [7, 11) is 1.78. The van der Waals surface area contributed by atoms with Gasteiger partial charge in [0.2, 0.25) is 0 Å². The number of benzene rings is 1. The first-order valence-corrected chi connectivity index (χ1v) is 10.7. The number of thiazole rings is 1. The van der Waals surface area contributed by atoms with Gasteiger partial charge >= 0.3 is 0 Å². The highest BCUT2D eigenvalue weighted by atomic mass is 32.1. The van der Waals surface area contributed by atoms with E-state index in [1.165, 1.54) is 16.2 Å². The molecular formula is C20H26N5O3S+. The number of morpholine rings is 1. The average molecular weight is 417 g/mol. The maximum atomic E-state index is 13.3. The summed E-state index contributed by atoms with van der Waals surface area (Å²) in [4.78, 5) is 21.3. The van der Waals surface area contributed by atoms with Crippen molar-refractivity contribution in [1.82, 2.24) is 14.8 Å². The van der Waals surface area contributed by atoms with Crippen LogP contribution in [0.25, 0.3) is 10.2 Å². The minimum atomic E-state index is -0.0817. The van der Waals surface area contributed by atoms with Crippen molar-refractivity contribution in [1.29, 1.82) is 0 Å². The lowest BCUT2D eigenvalue weighted by Gasteiger charge is -2.26. The maximum Gasteiger partial charge on any atom is 0.278 e. The normalized spacial score (nSPS) is 15.0. The van der Waals surface area contributed by atoms with Crippen LogP contribution in [0.3, 0.4) is 0 Å². The van der Waals surface area contributed by atoms with E-state index < -0.39 is 0 Å². The smallest absolute Gasteiger partial charge is 0.278 e. The van der Waals surface area contributed by atoms with Crippen molar-refractivity contribution in [2.45, 2.75) is 6.92 Å². The Bertz CT molecular complexity index is 980. The van der Waals surface area contributed by atoms with E-state index in [0.29, 0.717) is 24.0 Å². The molecule has 1 saturated heterocycles. The standard InChI is InChI=1S/C20H25N5O3S/c1-3-28-15-4-5-16-18(14-15)29-20(22-16)25(9-8-24-10-12-27-13-11-24)19(26)17-6-7-21-23(17)2/h4-7,14H,3,8-13H2,1-2H3/p+1. The van der Waals surface area contributed by atoms with Crippen LogP contribution < -0.4 is 14.5 Å². The molecule has 0 spiro atoms. The van der Waals surface area contributed by atoms with Gasteiger partial charge in [0, 0.05) is 13.2 Å². The predicted octanol–water partition coefficient (Wildman–Crippen LogP) is 0.990. The summed E-state index contributed by atoms with van der Waals surface area (Å²) < 4.78 is 13.7. The molecule has 2 aromatic heterocycles. The largest absolute Gasteiger partial charge is 0.494 e. The third-order valence-corrected chi connectivity index (χ3v) is 6.11. The molecule has 0 radical (unpaired) electrons. The van der Waals surface area contributed by atoms with Crippen LogP contribution in [0.5, 0.6) is 5.75 Å². The number of nitrogens with zero attached hydrogens (tertiary/aromatic N) is 4. The molecule has 9 heteroatoms. The van der Waals surface area contributed by atoms with Gasteiger partial charge in [0.25, 0.3) is 5.91 Å². The van der Waals surface area contributed by atoms with E-state index in [1.54, 1.807) is 28.9 Å². The van der Waals surface area contributed by atoms with Gasteiger partial charge in [-0.05, 0) is 31.2 Å². The van der Waals surface area contributed by atoms with E-state index in [1.807, 2.05) is 25.1 Å². The highest BCUT2D eigenvalue weighted by molar-refractivity contribution is 7.22. The lowest BCUT2D eigenvalue weighted by Crippen LogP contribution is -3.14. The number of carbonyl (C=O) groups excluding carboxylic acids is 1. The second-order valence-corrected chi connectivity index (χ2v) is 7.98. The Hall–Kier alpha value is -2.49. The number of aryl methyl sites for hydroxylation is 1. The van der Waals surface area contributed by atoms with Gasteiger partial charge in [-0.2, -0.15) is 5.10 Å². The summed E-state index contributed by atoms with van der Waals surface area (Å²) in [6, 6.07) is 7.60. The molecule has 1 amide bonds. The number of rotatable bonds is 7. The molecule has 1 fully saturated rings. The summed E-state index contributed by atoms with van der Waals surface area (Å²) in [5.41, 5.74) is 1.42. The van der Waals surface area contributed by atoms with Gasteiger partial charge in [0.15, 0.2) is 5.13 Å². The molecule has 0 unspecified atom stereocenters. The highest BCUT2D eigenvalue weighted by Crippen LogP contribution is 2.32. The van der Waals surface area contributed by atoms with Gasteiger partial charge in [0.05, 0.1) is 43.1 Å². The second kappa shape index (κ2) is 8.89. The van der Waals surface area contributed by atoms with Crippen molar-refractivity contribution in [3.8, 4) is 5.75 Å². The van der Waals surface area contributed by atoms with E-state index in [0.717, 1.165) is 48.8 Å². The monoisotopic (exact) mass is 416 g/mol. The van der Waals surface area contributed by atoms with Crippen LogP contribution in [-0.4, -0.2) is 66.7 Å². The summed E-state index contributed by atoms with van der Waals surface area (Å²) in [6.45, 7) is 7.50. The van der Waals surface area contributed by atoms with Gasteiger partial charge in [-0.3, -0.25) is 14.4 Å². The fourth-order valence-corrected chi connectivity index (χ4v) is 4.47. The molecule has 154 valence electrons. The summed E-state index contributed by atoms with van der Waals surface area (Å²) in [5.74, 6) is 0.735. The van der Waals surface area contributed by atoms with Crippen molar-refractivity contribution in [2.24, 2.45) is 7.05 Å². The van der Waals surface area contributed by atoms with Crippen LogP contribution in [-0.2, 0) is 11.8 Å². The quantitative estimate of drug-likeness (QED) is 0.622. The van der Waals surface area contributed by atoms with Crippen LogP contribution in [0.15, 0.2) is 30.5 Å². The molecule has 1 aromatic carbocycles. The maximum absolute atomic E-state index is 13.3. The third kappa shape index (κ3) is 4.42. The molecule has 1 aliphatic heterocycles. The number of hydrogen-bond donors (Lipinski definition) is 1. The Labute approximate surface area is 173 Å². The van der Waals surface area contributed by atoms with Crippen LogP contribution >= 0.6 is 11.3 Å². The molecule has 0 aliphatic carbocycles. The number of anilines is 1. The minimum Gasteiger partial charge on any atom is -0.494 e. The molecule has 0 bridgehead atoms. The molecule has 8 nitrogen and oxygen atoms in total. The van der Waals surface area contributed by atoms with Crippen LogP contribution in [0.2, 0.25) is 0 Å². The Morgan fingerprint density at radius 1 is 1.34 bits per heavy atom. The van der Waals surface area contributed by atoms with Crippen LogP contribution in [0.1, 0.15) is 17.4 Å². The molecule has 1 N–H and O–H groups in total. The summed E-state index contributed by atoms with van der Waals surface area (Å²) >= 11 is 1.51. The van der Waals surface area contributed by atoms with Crippen molar-refractivity contribution < 1.29 is 19.2 Å². The zero-order valence-electron chi connectivity index (χ0n) is 16.8. The zero-order valence-corrected chi connectivity index (χ0v) is 17.6. The van der Waals surface area contributed by atoms with E-state index in [2.05, 4.69) is 5.10 Å². The first-order valence-electron chi connectivity index (χ1n) is 9.90. The molecule has 4 rings (SSSR count). The Morgan fingerprint density at radius 3 is 2.90 bits per heavy atom. The number of quaternary nitrogens is 1. The summed E-state index contributed by atoms with van der Waals surface area (Å²) in [5, 5.41) is 4.85. The fourth-order valence-electron chi connectivity index (χ4n) is 3.45. The lowest BCUT2D eigenvalue weighted by atomic mass is 10.3. The zero-order chi connectivity index (χ0) is 20.2. The van der Waals surface area contributed by atoms with Crippen molar-refractivity contribution in [3.63, 3.8) is 0 Å². The second-order valence-electron chi connectivity index (χ2n) is 6.97. The first-order chi connectivity index (χ1) is 14.2. The van der Waals surface area contributed by atoms with Crippen molar-refractivity contribution in [3.05, 3.63) is 36.2 Å². The number of carbonyl (C=O) groups is 1. The molecule has 0 saturated carbocycles. The van der Waals surface area contributed by atoms with Gasteiger partial charge in [0.1, 0.15) is 24.5 Å². The summed E-state index contributed by atoms with van der Waals surface area (Å²) in [6.07, 6.45) is 1.64. The number of hydrogen-bond acceptors (Lipinski definition) is 6. The Kier molecular flexibility index (Phi) is 6.08. The fraction of sp³-hybridized carbons (Fsp3) is 0.450. The van der Waals surface area contributed by atoms with Gasteiger partial charge in [-0.1, -0.05) is 11.3 Å². The number of amides is 1. The highest BCUT2D eigenvalue weighted by Gasteiger charge is 2.25. The van der Waals surface area contributed by atoms with Crippen molar-refractivity contribution >= 4 is 32.6 Å². The van der Waals surface area contributed by atoms with Gasteiger partial charge in [-0.15, -0.1) is 0 Å². The lowest BCUT2D eigenvalue weighted by molar-refractivity contribution is -0.906. The molecule has 0 atom stereocenters. The SMILES string of the molecule is CCOc1ccc2nc(N(CC[NH+]3CCOCC3)C(=O)c3ccnn3C)sc2c1. The van der Waals surface area contributed by atoms with Crippen LogP contribution in [0.4, 0.5) is 5.13 Å². The van der Waals surface area contributed by atoms with E-state index >= 15 is 0 Å². The van der Waals surface area contributed by atoms with Gasteiger partial charge < -0.3 is 14.4 Å². The van der Waals surface area contributed by atoms with E-state index in [-0.39, 0.29) is 5.91 Å². The number of nitrogens with one attached hydrogen (secondary N) is 1. The number of fused-ring (bicyclic) bond motifs is 1. The van der Waals surface area contributed by atoms with E-state index in [9.17, 15) is 4.79 Å². The van der Waals surface area contributed by atoms with Crippen molar-refractivity contribution in [2.75, 3.05) is 50.9 Å².